The second-order valence-electron chi connectivity index (χ2n) is 4.53. The first kappa shape index (κ1) is 15.2. The van der Waals surface area contributed by atoms with Gasteiger partial charge < -0.3 is 10.5 Å². The van der Waals surface area contributed by atoms with Crippen molar-refractivity contribution < 1.29 is 9.13 Å². The highest BCUT2D eigenvalue weighted by Gasteiger charge is 2.18. The Kier molecular flexibility index (Phi) is 5.76. The predicted molar refractivity (Wildman–Crippen MR) is 66.9 cm³/mol. The summed E-state index contributed by atoms with van der Waals surface area (Å²) >= 11 is 0. The van der Waals surface area contributed by atoms with Gasteiger partial charge in [-0.3, -0.25) is 0 Å². The summed E-state index contributed by atoms with van der Waals surface area (Å²) in [4.78, 5) is 0. The molecule has 0 aliphatic rings. The van der Waals surface area contributed by atoms with Gasteiger partial charge in [-0.1, -0.05) is 26.8 Å². The first-order chi connectivity index (χ1) is 6.95. The van der Waals surface area contributed by atoms with E-state index in [4.69, 9.17) is 10.5 Å². The van der Waals surface area contributed by atoms with E-state index < -0.39 is 0 Å². The molecule has 0 amide bonds. The quantitative estimate of drug-likeness (QED) is 0.892. The van der Waals surface area contributed by atoms with E-state index in [2.05, 4.69) is 0 Å². The molecule has 0 saturated carbocycles. The molecule has 0 atom stereocenters. The highest BCUT2D eigenvalue weighted by Crippen LogP contribution is 2.27. The average Bonchev–Trinajstić information content (AvgIpc) is 2.12. The van der Waals surface area contributed by atoms with Crippen LogP contribution in [0, 0.1) is 5.82 Å². The fourth-order valence-corrected chi connectivity index (χ4v) is 1.37. The molecule has 4 heteroatoms. The maximum Gasteiger partial charge on any atom is 0.130 e. The topological polar surface area (TPSA) is 35.2 Å². The molecule has 0 fully saturated rings. The van der Waals surface area contributed by atoms with E-state index in [-0.39, 0.29) is 23.6 Å². The highest BCUT2D eigenvalue weighted by atomic mass is 35.5. The highest BCUT2D eigenvalue weighted by molar-refractivity contribution is 5.85. The van der Waals surface area contributed by atoms with Crippen molar-refractivity contribution in [2.75, 3.05) is 13.2 Å². The molecule has 2 nitrogen and oxygen atoms in total. The van der Waals surface area contributed by atoms with Crippen molar-refractivity contribution in [2.24, 2.45) is 5.73 Å². The summed E-state index contributed by atoms with van der Waals surface area (Å²) in [7, 11) is 0. The van der Waals surface area contributed by atoms with E-state index in [9.17, 15) is 4.39 Å². The van der Waals surface area contributed by atoms with Crippen LogP contribution in [0.15, 0.2) is 18.2 Å². The molecule has 1 aromatic carbocycles. The van der Waals surface area contributed by atoms with E-state index in [1.807, 2.05) is 20.8 Å². The van der Waals surface area contributed by atoms with Crippen LogP contribution in [0.1, 0.15) is 26.3 Å². The minimum absolute atomic E-state index is 0. The molecule has 2 N–H and O–H groups in total. The van der Waals surface area contributed by atoms with Crippen LogP contribution in [0.3, 0.4) is 0 Å². The van der Waals surface area contributed by atoms with Crippen molar-refractivity contribution in [2.45, 2.75) is 26.2 Å². The maximum atomic E-state index is 13.7. The molecule has 0 aromatic heterocycles. The van der Waals surface area contributed by atoms with Crippen molar-refractivity contribution in [1.82, 2.24) is 0 Å². The van der Waals surface area contributed by atoms with Gasteiger partial charge in [0.2, 0.25) is 0 Å². The molecule has 1 aromatic rings. The molecule has 0 saturated heterocycles. The molecule has 0 heterocycles. The molecular formula is C12H19ClFNO. The van der Waals surface area contributed by atoms with E-state index in [0.717, 1.165) is 0 Å². The summed E-state index contributed by atoms with van der Waals surface area (Å²) in [5, 5.41) is 0. The Morgan fingerprint density at radius 1 is 1.31 bits per heavy atom. The standard InChI is InChI=1S/C12H18FNO.ClH/c1-12(2,3)10-5-4-9(8-11(10)13)15-7-6-14;/h4-5,8H,6-7,14H2,1-3H3;1H. The van der Waals surface area contributed by atoms with Crippen LogP contribution in [0.4, 0.5) is 4.39 Å². The lowest BCUT2D eigenvalue weighted by Crippen LogP contribution is -2.14. The molecule has 0 radical (unpaired) electrons. The van der Waals surface area contributed by atoms with Gasteiger partial charge in [-0.15, -0.1) is 12.4 Å². The first-order valence-electron chi connectivity index (χ1n) is 5.08. The monoisotopic (exact) mass is 247 g/mol. The average molecular weight is 248 g/mol. The van der Waals surface area contributed by atoms with Gasteiger partial charge in [0.1, 0.15) is 18.2 Å². The molecule has 0 spiro atoms. The Morgan fingerprint density at radius 3 is 2.38 bits per heavy atom. The van der Waals surface area contributed by atoms with Gasteiger partial charge in [0.05, 0.1) is 0 Å². The van der Waals surface area contributed by atoms with E-state index >= 15 is 0 Å². The van der Waals surface area contributed by atoms with Crippen LogP contribution in [-0.4, -0.2) is 13.2 Å². The number of hydrogen-bond acceptors (Lipinski definition) is 2. The van der Waals surface area contributed by atoms with Crippen LogP contribution in [-0.2, 0) is 5.41 Å². The Hall–Kier alpha value is -0.800. The number of ether oxygens (including phenoxy) is 1. The van der Waals surface area contributed by atoms with Crippen molar-refractivity contribution in [1.29, 1.82) is 0 Å². The Bertz CT molecular complexity index is 336. The predicted octanol–water partition coefficient (Wildman–Crippen LogP) is 2.88. The third kappa shape index (κ3) is 3.99. The molecule has 16 heavy (non-hydrogen) atoms. The molecule has 92 valence electrons. The molecule has 0 aliphatic heterocycles. The SMILES string of the molecule is CC(C)(C)c1ccc(OCCN)cc1F.Cl. The number of benzene rings is 1. The molecular weight excluding hydrogens is 229 g/mol. The molecule has 1 rings (SSSR count). The van der Waals surface area contributed by atoms with E-state index in [1.54, 1.807) is 12.1 Å². The van der Waals surface area contributed by atoms with Crippen LogP contribution >= 0.6 is 12.4 Å². The fraction of sp³-hybridized carbons (Fsp3) is 0.500. The van der Waals surface area contributed by atoms with Crippen LogP contribution < -0.4 is 10.5 Å². The lowest BCUT2D eigenvalue weighted by molar-refractivity contribution is 0.326. The largest absolute Gasteiger partial charge is 0.492 e. The van der Waals surface area contributed by atoms with Gasteiger partial charge in [0, 0.05) is 12.6 Å². The van der Waals surface area contributed by atoms with Crippen LogP contribution in [0.5, 0.6) is 5.75 Å². The fourth-order valence-electron chi connectivity index (χ4n) is 1.37. The second-order valence-corrected chi connectivity index (χ2v) is 4.53. The van der Waals surface area contributed by atoms with Crippen LogP contribution in [0.2, 0.25) is 0 Å². The summed E-state index contributed by atoms with van der Waals surface area (Å²) < 4.78 is 18.9. The summed E-state index contributed by atoms with van der Waals surface area (Å²) in [6.45, 7) is 6.78. The number of hydrogen-bond donors (Lipinski definition) is 1. The third-order valence-corrected chi connectivity index (χ3v) is 2.14. The van der Waals surface area contributed by atoms with Crippen molar-refractivity contribution in [3.63, 3.8) is 0 Å². The Labute approximate surface area is 102 Å². The van der Waals surface area contributed by atoms with Gasteiger partial charge >= 0.3 is 0 Å². The van der Waals surface area contributed by atoms with Gasteiger partial charge in [-0.05, 0) is 17.0 Å². The van der Waals surface area contributed by atoms with Crippen molar-refractivity contribution in [3.8, 4) is 5.75 Å². The van der Waals surface area contributed by atoms with E-state index in [0.29, 0.717) is 24.5 Å². The summed E-state index contributed by atoms with van der Waals surface area (Å²) in [5.41, 5.74) is 5.81. The second kappa shape index (κ2) is 6.06. The van der Waals surface area contributed by atoms with E-state index in [1.165, 1.54) is 6.07 Å². The number of rotatable bonds is 3. The summed E-state index contributed by atoms with van der Waals surface area (Å²) in [6, 6.07) is 4.96. The zero-order chi connectivity index (χ0) is 11.5. The molecule has 0 aliphatic carbocycles. The van der Waals surface area contributed by atoms with Crippen molar-refractivity contribution in [3.05, 3.63) is 29.6 Å². The van der Waals surface area contributed by atoms with Gasteiger partial charge in [0.15, 0.2) is 0 Å². The molecule has 0 bridgehead atoms. The third-order valence-electron chi connectivity index (χ3n) is 2.14. The van der Waals surface area contributed by atoms with Gasteiger partial charge in [0.25, 0.3) is 0 Å². The first-order valence-corrected chi connectivity index (χ1v) is 5.08. The normalized spacial score (nSPS) is 10.8. The van der Waals surface area contributed by atoms with Gasteiger partial charge in [-0.2, -0.15) is 0 Å². The Morgan fingerprint density at radius 2 is 1.94 bits per heavy atom. The summed E-state index contributed by atoms with van der Waals surface area (Å²) in [5.74, 6) is 0.308. The number of halogens is 2. The smallest absolute Gasteiger partial charge is 0.130 e. The Balaban J connectivity index is 0.00000225. The maximum absolute atomic E-state index is 13.7. The van der Waals surface area contributed by atoms with Crippen LogP contribution in [0.25, 0.3) is 0 Å². The lowest BCUT2D eigenvalue weighted by Gasteiger charge is -2.20. The van der Waals surface area contributed by atoms with Gasteiger partial charge in [-0.25, -0.2) is 4.39 Å². The van der Waals surface area contributed by atoms with Crippen molar-refractivity contribution >= 4 is 12.4 Å². The molecule has 0 unspecified atom stereocenters. The zero-order valence-corrected chi connectivity index (χ0v) is 10.7. The zero-order valence-electron chi connectivity index (χ0n) is 9.92. The minimum Gasteiger partial charge on any atom is -0.492 e. The number of nitrogens with two attached hydrogens (primary N) is 1. The lowest BCUT2D eigenvalue weighted by atomic mass is 9.87. The summed E-state index contributed by atoms with van der Waals surface area (Å²) in [6.07, 6.45) is 0. The minimum atomic E-state index is -0.225.